The summed E-state index contributed by atoms with van der Waals surface area (Å²) in [5.74, 6) is 0. The lowest BCUT2D eigenvalue weighted by molar-refractivity contribution is 0.112. The minimum atomic E-state index is 0.695. The summed E-state index contributed by atoms with van der Waals surface area (Å²) in [7, 11) is 0. The average Bonchev–Trinajstić information content (AvgIpc) is 2.67. The fourth-order valence-electron chi connectivity index (χ4n) is 2.01. The number of fused-ring (bicyclic) bond motifs is 3. The SMILES string of the molecule is O=Cc1cccc2c1-c1cnnnc1C2. The zero-order valence-corrected chi connectivity index (χ0v) is 7.84. The highest BCUT2D eigenvalue weighted by atomic mass is 16.1. The highest BCUT2D eigenvalue weighted by molar-refractivity contribution is 5.91. The molecular formula is C11H7N3O. The molecule has 0 aliphatic heterocycles. The topological polar surface area (TPSA) is 55.7 Å². The van der Waals surface area contributed by atoms with E-state index in [0.29, 0.717) is 5.56 Å². The van der Waals surface area contributed by atoms with Gasteiger partial charge in [-0.1, -0.05) is 18.2 Å². The molecule has 4 heteroatoms. The van der Waals surface area contributed by atoms with Gasteiger partial charge in [-0.3, -0.25) is 4.79 Å². The van der Waals surface area contributed by atoms with E-state index < -0.39 is 0 Å². The third kappa shape index (κ3) is 1.08. The number of benzene rings is 1. The highest BCUT2D eigenvalue weighted by Crippen LogP contribution is 2.36. The molecule has 72 valence electrons. The molecule has 1 aromatic heterocycles. The molecule has 0 atom stereocenters. The van der Waals surface area contributed by atoms with Crippen LogP contribution in [0.4, 0.5) is 0 Å². The predicted octanol–water partition coefficient (Wildman–Crippen LogP) is 1.26. The van der Waals surface area contributed by atoms with Crippen molar-refractivity contribution in [3.05, 3.63) is 41.2 Å². The molecule has 0 radical (unpaired) electrons. The normalized spacial score (nSPS) is 12.0. The lowest BCUT2D eigenvalue weighted by Gasteiger charge is -2.01. The summed E-state index contributed by atoms with van der Waals surface area (Å²) < 4.78 is 0. The molecule has 1 aromatic carbocycles. The van der Waals surface area contributed by atoms with Crippen molar-refractivity contribution in [3.8, 4) is 11.1 Å². The molecule has 1 aliphatic carbocycles. The van der Waals surface area contributed by atoms with Crippen molar-refractivity contribution < 1.29 is 4.79 Å². The van der Waals surface area contributed by atoms with E-state index in [4.69, 9.17) is 0 Å². The summed E-state index contributed by atoms with van der Waals surface area (Å²) in [6.45, 7) is 0. The first-order valence-electron chi connectivity index (χ1n) is 4.65. The number of aromatic nitrogens is 3. The Kier molecular flexibility index (Phi) is 1.62. The lowest BCUT2D eigenvalue weighted by atomic mass is 10.0. The van der Waals surface area contributed by atoms with Gasteiger partial charge in [0.25, 0.3) is 0 Å². The Balaban J connectivity index is 2.35. The van der Waals surface area contributed by atoms with Crippen LogP contribution in [-0.4, -0.2) is 21.7 Å². The van der Waals surface area contributed by atoms with E-state index in [1.165, 1.54) is 0 Å². The Labute approximate surface area is 86.0 Å². The maximum absolute atomic E-state index is 10.9. The van der Waals surface area contributed by atoms with Crippen LogP contribution >= 0.6 is 0 Å². The lowest BCUT2D eigenvalue weighted by Crippen LogP contribution is -1.92. The van der Waals surface area contributed by atoms with E-state index in [1.807, 2.05) is 12.1 Å². The maximum Gasteiger partial charge on any atom is 0.150 e. The van der Waals surface area contributed by atoms with Gasteiger partial charge in [0.1, 0.15) is 0 Å². The monoisotopic (exact) mass is 197 g/mol. The van der Waals surface area contributed by atoms with Crippen LogP contribution < -0.4 is 0 Å². The third-order valence-electron chi connectivity index (χ3n) is 2.65. The molecule has 0 amide bonds. The van der Waals surface area contributed by atoms with Gasteiger partial charge in [0.2, 0.25) is 0 Å². The van der Waals surface area contributed by atoms with E-state index in [1.54, 1.807) is 12.3 Å². The molecule has 0 spiro atoms. The number of nitrogens with zero attached hydrogens (tertiary/aromatic N) is 3. The van der Waals surface area contributed by atoms with E-state index in [9.17, 15) is 4.79 Å². The van der Waals surface area contributed by atoms with Gasteiger partial charge in [-0.2, -0.15) is 0 Å². The summed E-state index contributed by atoms with van der Waals surface area (Å²) in [6.07, 6.45) is 3.28. The molecule has 0 saturated carbocycles. The fourth-order valence-corrected chi connectivity index (χ4v) is 2.01. The van der Waals surface area contributed by atoms with Crippen LogP contribution in [0.2, 0.25) is 0 Å². The Hall–Kier alpha value is -2.10. The Morgan fingerprint density at radius 2 is 2.27 bits per heavy atom. The Morgan fingerprint density at radius 3 is 3.13 bits per heavy atom. The number of aldehydes is 1. The highest BCUT2D eigenvalue weighted by Gasteiger charge is 2.22. The average molecular weight is 197 g/mol. The van der Waals surface area contributed by atoms with Gasteiger partial charge in [-0.05, 0) is 16.3 Å². The Morgan fingerprint density at radius 1 is 1.33 bits per heavy atom. The summed E-state index contributed by atoms with van der Waals surface area (Å²) in [5.41, 5.74) is 4.61. The summed E-state index contributed by atoms with van der Waals surface area (Å²) in [4.78, 5) is 10.9. The second kappa shape index (κ2) is 2.95. The molecule has 1 aliphatic rings. The smallest absolute Gasteiger partial charge is 0.150 e. The first-order chi connectivity index (χ1) is 7.40. The molecule has 3 rings (SSSR count). The van der Waals surface area contributed by atoms with Crippen molar-refractivity contribution in [2.75, 3.05) is 0 Å². The van der Waals surface area contributed by atoms with E-state index >= 15 is 0 Å². The predicted molar refractivity (Wildman–Crippen MR) is 53.5 cm³/mol. The van der Waals surface area contributed by atoms with Gasteiger partial charge < -0.3 is 0 Å². The molecule has 0 saturated heterocycles. The molecular weight excluding hydrogens is 190 g/mol. The van der Waals surface area contributed by atoms with Crippen LogP contribution in [0.25, 0.3) is 11.1 Å². The fraction of sp³-hybridized carbons (Fsp3) is 0.0909. The number of hydrogen-bond donors (Lipinski definition) is 0. The van der Waals surface area contributed by atoms with E-state index in [2.05, 4.69) is 15.4 Å². The van der Waals surface area contributed by atoms with Crippen LogP contribution in [0.5, 0.6) is 0 Å². The maximum atomic E-state index is 10.9. The molecule has 0 fully saturated rings. The van der Waals surface area contributed by atoms with Crippen LogP contribution in [-0.2, 0) is 6.42 Å². The van der Waals surface area contributed by atoms with Crippen LogP contribution in [0, 0.1) is 0 Å². The molecule has 0 unspecified atom stereocenters. The third-order valence-corrected chi connectivity index (χ3v) is 2.65. The second-order valence-electron chi connectivity index (χ2n) is 3.47. The van der Waals surface area contributed by atoms with E-state index in [-0.39, 0.29) is 0 Å². The first kappa shape index (κ1) is 8.23. The molecule has 2 aromatic rings. The summed E-state index contributed by atoms with van der Waals surface area (Å²) >= 11 is 0. The molecule has 1 heterocycles. The van der Waals surface area contributed by atoms with Gasteiger partial charge in [0.05, 0.1) is 11.9 Å². The van der Waals surface area contributed by atoms with Gasteiger partial charge in [-0.25, -0.2) is 0 Å². The van der Waals surface area contributed by atoms with Crippen molar-refractivity contribution in [2.45, 2.75) is 6.42 Å². The standard InChI is InChI=1S/C11H7N3O/c15-6-8-3-1-2-7-4-10-9(11(7)8)5-12-14-13-10/h1-3,5-6H,4H2. The van der Waals surface area contributed by atoms with Gasteiger partial charge in [-0.15, -0.1) is 10.2 Å². The van der Waals surface area contributed by atoms with Crippen molar-refractivity contribution in [1.82, 2.24) is 15.4 Å². The largest absolute Gasteiger partial charge is 0.298 e. The van der Waals surface area contributed by atoms with Crippen LogP contribution in [0.3, 0.4) is 0 Å². The van der Waals surface area contributed by atoms with Crippen LogP contribution in [0.1, 0.15) is 21.6 Å². The number of carbonyl (C=O) groups is 1. The number of hydrogen-bond acceptors (Lipinski definition) is 4. The minimum Gasteiger partial charge on any atom is -0.298 e. The second-order valence-corrected chi connectivity index (χ2v) is 3.47. The zero-order chi connectivity index (χ0) is 10.3. The molecule has 4 nitrogen and oxygen atoms in total. The summed E-state index contributed by atoms with van der Waals surface area (Å²) in [5, 5.41) is 11.3. The molecule has 0 N–H and O–H groups in total. The Bertz CT molecular complexity index is 551. The summed E-state index contributed by atoms with van der Waals surface area (Å²) in [6, 6.07) is 5.70. The number of rotatable bonds is 1. The minimum absolute atomic E-state index is 0.695. The quantitative estimate of drug-likeness (QED) is 0.551. The van der Waals surface area contributed by atoms with Crippen molar-refractivity contribution >= 4 is 6.29 Å². The van der Waals surface area contributed by atoms with Crippen LogP contribution in [0.15, 0.2) is 24.4 Å². The molecule has 15 heavy (non-hydrogen) atoms. The molecule has 0 bridgehead atoms. The van der Waals surface area contributed by atoms with Crippen molar-refractivity contribution in [2.24, 2.45) is 0 Å². The van der Waals surface area contributed by atoms with Gasteiger partial charge in [0.15, 0.2) is 6.29 Å². The number of carbonyl (C=O) groups excluding carboxylic acids is 1. The van der Waals surface area contributed by atoms with Gasteiger partial charge >= 0.3 is 0 Å². The van der Waals surface area contributed by atoms with Gasteiger partial charge in [0, 0.05) is 17.5 Å². The van der Waals surface area contributed by atoms with Crippen molar-refractivity contribution in [3.63, 3.8) is 0 Å². The van der Waals surface area contributed by atoms with Crippen molar-refractivity contribution in [1.29, 1.82) is 0 Å². The van der Waals surface area contributed by atoms with E-state index in [0.717, 1.165) is 35.1 Å². The zero-order valence-electron chi connectivity index (χ0n) is 7.84. The first-order valence-corrected chi connectivity index (χ1v) is 4.65.